The first-order valence-electron chi connectivity index (χ1n) is 4.07. The first kappa shape index (κ1) is 14.0. The van der Waals surface area contributed by atoms with Crippen LogP contribution in [0.1, 0.15) is 18.0 Å². The van der Waals surface area contributed by atoms with Gasteiger partial charge in [0.05, 0.1) is 0 Å². The normalized spacial score (nSPS) is 11.7. The van der Waals surface area contributed by atoms with Crippen molar-refractivity contribution in [2.24, 2.45) is 5.73 Å². The lowest BCUT2D eigenvalue weighted by molar-refractivity contribution is 0.503. The monoisotopic (exact) mass is 237 g/mol. The Bertz CT molecular complexity index is 332. The van der Waals surface area contributed by atoms with Gasteiger partial charge in [-0.1, -0.05) is 6.08 Å². The van der Waals surface area contributed by atoms with Crippen LogP contribution in [0.4, 0.5) is 13.2 Å². The third-order valence-corrected chi connectivity index (χ3v) is 1.84. The molecule has 0 amide bonds. The van der Waals surface area contributed by atoms with Crippen LogP contribution in [-0.2, 0) is 0 Å². The molecule has 2 N–H and O–H groups in total. The molecule has 0 saturated heterocycles. The van der Waals surface area contributed by atoms with Crippen LogP contribution >= 0.6 is 12.4 Å². The van der Waals surface area contributed by atoms with Gasteiger partial charge >= 0.3 is 0 Å². The zero-order chi connectivity index (χ0) is 10.7. The van der Waals surface area contributed by atoms with Gasteiger partial charge in [0.2, 0.25) is 0 Å². The lowest BCUT2D eigenvalue weighted by Crippen LogP contribution is -2.13. The maximum Gasteiger partial charge on any atom is 0.133 e. The Balaban J connectivity index is 0.00000196. The Hall–Kier alpha value is -1.00. The largest absolute Gasteiger partial charge is 0.324 e. The summed E-state index contributed by atoms with van der Waals surface area (Å²) in [4.78, 5) is 0. The molecule has 1 rings (SSSR count). The molecule has 0 aliphatic heterocycles. The minimum atomic E-state index is -0.961. The van der Waals surface area contributed by atoms with E-state index >= 15 is 0 Å². The summed E-state index contributed by atoms with van der Waals surface area (Å²) in [5, 5.41) is 0. The van der Waals surface area contributed by atoms with Gasteiger partial charge in [-0.05, 0) is 6.42 Å². The van der Waals surface area contributed by atoms with Crippen molar-refractivity contribution in [3.8, 4) is 0 Å². The van der Waals surface area contributed by atoms with Crippen LogP contribution in [-0.4, -0.2) is 0 Å². The van der Waals surface area contributed by atoms with Gasteiger partial charge in [0.1, 0.15) is 17.5 Å². The molecule has 0 fully saturated rings. The molecule has 84 valence electrons. The third-order valence-electron chi connectivity index (χ3n) is 1.84. The molecule has 15 heavy (non-hydrogen) atoms. The number of hydrogen-bond donors (Lipinski definition) is 1. The maximum absolute atomic E-state index is 13.1. The minimum absolute atomic E-state index is 0. The highest BCUT2D eigenvalue weighted by molar-refractivity contribution is 5.85. The summed E-state index contributed by atoms with van der Waals surface area (Å²) < 4.78 is 38.7. The number of rotatable bonds is 3. The average Bonchev–Trinajstić information content (AvgIpc) is 2.01. The quantitative estimate of drug-likeness (QED) is 0.804. The van der Waals surface area contributed by atoms with Crippen molar-refractivity contribution in [1.29, 1.82) is 0 Å². The number of hydrogen-bond acceptors (Lipinski definition) is 1. The van der Waals surface area contributed by atoms with Crippen molar-refractivity contribution in [2.75, 3.05) is 0 Å². The van der Waals surface area contributed by atoms with Crippen LogP contribution in [0.2, 0.25) is 0 Å². The van der Waals surface area contributed by atoms with E-state index in [0.717, 1.165) is 0 Å². The molecule has 1 nitrogen and oxygen atoms in total. The van der Waals surface area contributed by atoms with E-state index in [1.54, 1.807) is 0 Å². The maximum atomic E-state index is 13.1. The topological polar surface area (TPSA) is 26.0 Å². The van der Waals surface area contributed by atoms with Crippen LogP contribution in [0.25, 0.3) is 0 Å². The summed E-state index contributed by atoms with van der Waals surface area (Å²) in [5.74, 6) is -2.87. The van der Waals surface area contributed by atoms with Gasteiger partial charge in [-0.15, -0.1) is 19.0 Å². The Morgan fingerprint density at radius 3 is 2.13 bits per heavy atom. The second-order valence-electron chi connectivity index (χ2n) is 2.91. The first-order valence-corrected chi connectivity index (χ1v) is 4.07. The molecule has 0 unspecified atom stereocenters. The highest BCUT2D eigenvalue weighted by Gasteiger charge is 2.16. The van der Waals surface area contributed by atoms with Crippen molar-refractivity contribution in [3.05, 3.63) is 47.8 Å². The summed E-state index contributed by atoms with van der Waals surface area (Å²) in [7, 11) is 0. The smallest absolute Gasteiger partial charge is 0.133 e. The lowest BCUT2D eigenvalue weighted by Gasteiger charge is -2.11. The number of benzene rings is 1. The predicted octanol–water partition coefficient (Wildman–Crippen LogP) is 3.10. The number of halogens is 4. The van der Waals surface area contributed by atoms with Crippen molar-refractivity contribution in [3.63, 3.8) is 0 Å². The van der Waals surface area contributed by atoms with Crippen molar-refractivity contribution >= 4 is 12.4 Å². The van der Waals surface area contributed by atoms with Gasteiger partial charge in [-0.25, -0.2) is 13.2 Å². The molecule has 0 aromatic heterocycles. The summed E-state index contributed by atoms with van der Waals surface area (Å²) in [6.07, 6.45) is 1.69. The van der Waals surface area contributed by atoms with Crippen molar-refractivity contribution < 1.29 is 13.2 Å². The second-order valence-corrected chi connectivity index (χ2v) is 2.91. The van der Waals surface area contributed by atoms with Crippen LogP contribution in [0.3, 0.4) is 0 Å². The molecule has 5 heteroatoms. The highest BCUT2D eigenvalue weighted by atomic mass is 35.5. The summed E-state index contributed by atoms with van der Waals surface area (Å²) >= 11 is 0. The van der Waals surface area contributed by atoms with E-state index in [9.17, 15) is 13.2 Å². The van der Waals surface area contributed by atoms with E-state index in [0.29, 0.717) is 12.1 Å². The zero-order valence-electron chi connectivity index (χ0n) is 7.84. The molecule has 1 atom stereocenters. The van der Waals surface area contributed by atoms with E-state index in [1.807, 2.05) is 0 Å². The predicted molar refractivity (Wildman–Crippen MR) is 55.3 cm³/mol. The van der Waals surface area contributed by atoms with Gasteiger partial charge < -0.3 is 5.73 Å². The van der Waals surface area contributed by atoms with Crippen LogP contribution in [0.5, 0.6) is 0 Å². The Morgan fingerprint density at radius 2 is 1.73 bits per heavy atom. The fraction of sp³-hybridized carbons (Fsp3) is 0.200. The van der Waals surface area contributed by atoms with Crippen molar-refractivity contribution in [2.45, 2.75) is 12.5 Å². The lowest BCUT2D eigenvalue weighted by atomic mass is 10.0. The molecule has 0 aliphatic rings. The van der Waals surface area contributed by atoms with Gasteiger partial charge in [-0.3, -0.25) is 0 Å². The molecule has 0 bridgehead atoms. The fourth-order valence-electron chi connectivity index (χ4n) is 1.20. The van der Waals surface area contributed by atoms with Gasteiger partial charge in [0.25, 0.3) is 0 Å². The molecule has 1 aromatic carbocycles. The molecule has 0 aliphatic carbocycles. The van der Waals surface area contributed by atoms with Crippen LogP contribution < -0.4 is 5.73 Å². The van der Waals surface area contributed by atoms with E-state index in [2.05, 4.69) is 6.58 Å². The van der Waals surface area contributed by atoms with Gasteiger partial charge in [-0.2, -0.15) is 0 Å². The van der Waals surface area contributed by atoms with Gasteiger partial charge in [0.15, 0.2) is 0 Å². The molecule has 0 radical (unpaired) electrons. The van der Waals surface area contributed by atoms with Gasteiger partial charge in [0, 0.05) is 23.7 Å². The SMILES string of the molecule is C=CC[C@H](N)c1c(F)cc(F)cc1F.Cl. The fourth-order valence-corrected chi connectivity index (χ4v) is 1.20. The molecule has 1 aromatic rings. The second kappa shape index (κ2) is 5.78. The van der Waals surface area contributed by atoms with E-state index in [-0.39, 0.29) is 24.4 Å². The van der Waals surface area contributed by atoms with E-state index in [1.165, 1.54) is 6.08 Å². The molecular formula is C10H11ClF3N. The Labute approximate surface area is 92.2 Å². The summed E-state index contributed by atoms with van der Waals surface area (Å²) in [6.45, 7) is 3.40. The zero-order valence-corrected chi connectivity index (χ0v) is 8.66. The first-order chi connectivity index (χ1) is 6.56. The standard InChI is InChI=1S/C10H10F3N.ClH/c1-2-3-9(14)10-7(12)4-6(11)5-8(10)13;/h2,4-5,9H,1,3,14H2;1H/t9-;/m0./s1. The minimum Gasteiger partial charge on any atom is -0.324 e. The molecule has 0 spiro atoms. The van der Waals surface area contributed by atoms with E-state index in [4.69, 9.17) is 5.73 Å². The van der Waals surface area contributed by atoms with E-state index < -0.39 is 23.5 Å². The number of nitrogens with two attached hydrogens (primary N) is 1. The van der Waals surface area contributed by atoms with Crippen LogP contribution in [0, 0.1) is 17.5 Å². The summed E-state index contributed by atoms with van der Waals surface area (Å²) in [6, 6.07) is 0.399. The third kappa shape index (κ3) is 3.25. The Kier molecular flexibility index (Phi) is 5.39. The Morgan fingerprint density at radius 1 is 1.27 bits per heavy atom. The molecule has 0 saturated carbocycles. The highest BCUT2D eigenvalue weighted by Crippen LogP contribution is 2.22. The molecular weight excluding hydrogens is 227 g/mol. The van der Waals surface area contributed by atoms with Crippen molar-refractivity contribution in [1.82, 2.24) is 0 Å². The molecule has 0 heterocycles. The summed E-state index contributed by atoms with van der Waals surface area (Å²) in [5.41, 5.74) is 5.18. The van der Waals surface area contributed by atoms with Crippen LogP contribution in [0.15, 0.2) is 24.8 Å². The average molecular weight is 238 g/mol.